The molecule has 2 rings (SSSR count). The lowest BCUT2D eigenvalue weighted by molar-refractivity contribution is -0.139. The fourth-order valence-electron chi connectivity index (χ4n) is 2.43. The van der Waals surface area contributed by atoms with Gasteiger partial charge in [-0.2, -0.15) is 0 Å². The molecule has 0 aromatic heterocycles. The third-order valence-electron chi connectivity index (χ3n) is 3.33. The number of anilines is 2. The average molecular weight is 290 g/mol. The SMILES string of the molecule is CC(C)(CC(=O)O)CC(=O)N1CC(=O)Nc2ccccc21. The number of carboxylic acids is 1. The first-order chi connectivity index (χ1) is 9.78. The number of fused-ring (bicyclic) bond motifs is 1. The first-order valence-corrected chi connectivity index (χ1v) is 6.69. The molecule has 1 aliphatic rings. The van der Waals surface area contributed by atoms with Gasteiger partial charge in [0.1, 0.15) is 6.54 Å². The lowest BCUT2D eigenvalue weighted by atomic mass is 9.85. The maximum atomic E-state index is 12.5. The van der Waals surface area contributed by atoms with Crippen LogP contribution in [0.3, 0.4) is 0 Å². The molecule has 1 aromatic rings. The van der Waals surface area contributed by atoms with E-state index in [-0.39, 0.29) is 31.2 Å². The van der Waals surface area contributed by atoms with Crippen LogP contribution in [-0.4, -0.2) is 29.4 Å². The van der Waals surface area contributed by atoms with Crippen molar-refractivity contribution in [3.8, 4) is 0 Å². The monoisotopic (exact) mass is 290 g/mol. The molecule has 0 aliphatic carbocycles. The van der Waals surface area contributed by atoms with Crippen molar-refractivity contribution in [2.75, 3.05) is 16.8 Å². The topological polar surface area (TPSA) is 86.7 Å². The Morgan fingerprint density at radius 1 is 1.29 bits per heavy atom. The fraction of sp³-hybridized carbons (Fsp3) is 0.400. The lowest BCUT2D eigenvalue weighted by Gasteiger charge is -2.32. The van der Waals surface area contributed by atoms with E-state index >= 15 is 0 Å². The molecule has 21 heavy (non-hydrogen) atoms. The molecule has 2 N–H and O–H groups in total. The number of carboxylic acid groups (broad SMARTS) is 1. The van der Waals surface area contributed by atoms with E-state index in [1.807, 2.05) is 0 Å². The highest BCUT2D eigenvalue weighted by Crippen LogP contribution is 2.32. The number of nitrogens with one attached hydrogen (secondary N) is 1. The highest BCUT2D eigenvalue weighted by Gasteiger charge is 2.32. The first-order valence-electron chi connectivity index (χ1n) is 6.69. The van der Waals surface area contributed by atoms with Gasteiger partial charge in [0.15, 0.2) is 0 Å². The Balaban J connectivity index is 2.20. The summed E-state index contributed by atoms with van der Waals surface area (Å²) in [5.74, 6) is -1.44. The first kappa shape index (κ1) is 15.0. The molecule has 1 heterocycles. The second-order valence-electron chi connectivity index (χ2n) is 5.96. The minimum absolute atomic E-state index is 0.0427. The Bertz CT molecular complexity index is 595. The van der Waals surface area contributed by atoms with Crippen molar-refractivity contribution in [2.24, 2.45) is 5.41 Å². The highest BCUT2D eigenvalue weighted by molar-refractivity contribution is 6.10. The van der Waals surface area contributed by atoms with E-state index in [1.165, 1.54) is 4.90 Å². The Morgan fingerprint density at radius 3 is 2.62 bits per heavy atom. The van der Waals surface area contributed by atoms with Gasteiger partial charge in [-0.25, -0.2) is 0 Å². The van der Waals surface area contributed by atoms with Gasteiger partial charge in [0.05, 0.1) is 17.8 Å². The molecule has 0 atom stereocenters. The molecule has 1 aromatic carbocycles. The van der Waals surface area contributed by atoms with Gasteiger partial charge in [0, 0.05) is 6.42 Å². The highest BCUT2D eigenvalue weighted by atomic mass is 16.4. The summed E-state index contributed by atoms with van der Waals surface area (Å²) in [5.41, 5.74) is 0.581. The quantitative estimate of drug-likeness (QED) is 0.886. The molecule has 0 bridgehead atoms. The van der Waals surface area contributed by atoms with E-state index in [1.54, 1.807) is 38.1 Å². The van der Waals surface area contributed by atoms with Crippen LogP contribution in [0.25, 0.3) is 0 Å². The van der Waals surface area contributed by atoms with E-state index in [0.717, 1.165) is 0 Å². The Morgan fingerprint density at radius 2 is 1.95 bits per heavy atom. The third-order valence-corrected chi connectivity index (χ3v) is 3.33. The predicted molar refractivity (Wildman–Crippen MR) is 78.1 cm³/mol. The molecule has 0 saturated heterocycles. The molecular weight excluding hydrogens is 272 g/mol. The van der Waals surface area contributed by atoms with Crippen LogP contribution in [-0.2, 0) is 14.4 Å². The number of rotatable bonds is 4. The zero-order valence-corrected chi connectivity index (χ0v) is 12.0. The second-order valence-corrected chi connectivity index (χ2v) is 5.96. The van der Waals surface area contributed by atoms with Crippen LogP contribution < -0.4 is 10.2 Å². The van der Waals surface area contributed by atoms with Crippen molar-refractivity contribution >= 4 is 29.2 Å². The number of carbonyl (C=O) groups excluding carboxylic acids is 2. The zero-order chi connectivity index (χ0) is 15.6. The Kier molecular flexibility index (Phi) is 3.97. The van der Waals surface area contributed by atoms with Gasteiger partial charge in [0.25, 0.3) is 0 Å². The summed E-state index contributed by atoms with van der Waals surface area (Å²) in [6, 6.07) is 7.06. The lowest BCUT2D eigenvalue weighted by Crippen LogP contribution is -2.43. The minimum atomic E-state index is -0.940. The number of para-hydroxylation sites is 2. The predicted octanol–water partition coefficient (Wildman–Crippen LogP) is 1.86. The number of benzene rings is 1. The van der Waals surface area contributed by atoms with Crippen LogP contribution in [0.2, 0.25) is 0 Å². The summed E-state index contributed by atoms with van der Waals surface area (Å²) < 4.78 is 0. The Labute approximate surface area is 122 Å². The van der Waals surface area contributed by atoms with Crippen molar-refractivity contribution in [3.63, 3.8) is 0 Å². The minimum Gasteiger partial charge on any atom is -0.481 e. The average Bonchev–Trinajstić information content (AvgIpc) is 2.35. The number of hydrogen-bond donors (Lipinski definition) is 2. The van der Waals surface area contributed by atoms with Crippen LogP contribution in [0.15, 0.2) is 24.3 Å². The molecule has 0 unspecified atom stereocenters. The van der Waals surface area contributed by atoms with Crippen molar-refractivity contribution in [1.82, 2.24) is 0 Å². The standard InChI is InChI=1S/C15H18N2O4/c1-15(2,8-14(20)21)7-13(19)17-9-12(18)16-10-5-3-4-6-11(10)17/h3-6H,7-9H2,1-2H3,(H,16,18)(H,20,21). The largest absolute Gasteiger partial charge is 0.481 e. The van der Waals surface area contributed by atoms with Crippen molar-refractivity contribution in [1.29, 1.82) is 0 Å². The van der Waals surface area contributed by atoms with E-state index in [4.69, 9.17) is 5.11 Å². The van der Waals surface area contributed by atoms with Crippen molar-refractivity contribution < 1.29 is 19.5 Å². The molecule has 0 fully saturated rings. The summed E-state index contributed by atoms with van der Waals surface area (Å²) in [4.78, 5) is 36.4. The number of nitrogens with zero attached hydrogens (tertiary/aromatic N) is 1. The smallest absolute Gasteiger partial charge is 0.303 e. The van der Waals surface area contributed by atoms with Crippen molar-refractivity contribution in [2.45, 2.75) is 26.7 Å². The van der Waals surface area contributed by atoms with E-state index in [0.29, 0.717) is 11.4 Å². The normalized spacial score (nSPS) is 14.4. The molecule has 0 radical (unpaired) electrons. The number of carbonyl (C=O) groups is 3. The van der Waals surface area contributed by atoms with E-state index in [9.17, 15) is 14.4 Å². The Hall–Kier alpha value is -2.37. The van der Waals surface area contributed by atoms with E-state index in [2.05, 4.69) is 5.32 Å². The van der Waals surface area contributed by atoms with Crippen LogP contribution in [0.5, 0.6) is 0 Å². The molecular formula is C15H18N2O4. The molecule has 112 valence electrons. The second kappa shape index (κ2) is 5.55. The summed E-state index contributed by atoms with van der Waals surface area (Å²) in [7, 11) is 0. The molecule has 0 spiro atoms. The van der Waals surface area contributed by atoms with Gasteiger partial charge in [-0.15, -0.1) is 0 Å². The van der Waals surface area contributed by atoms with Gasteiger partial charge in [-0.3, -0.25) is 14.4 Å². The summed E-state index contributed by atoms with van der Waals surface area (Å²) in [6.45, 7) is 3.42. The number of aliphatic carboxylic acids is 1. The van der Waals surface area contributed by atoms with Gasteiger partial charge >= 0.3 is 5.97 Å². The van der Waals surface area contributed by atoms with Crippen LogP contribution in [0.1, 0.15) is 26.7 Å². The summed E-state index contributed by atoms with van der Waals surface area (Å²) in [5, 5.41) is 11.6. The zero-order valence-electron chi connectivity index (χ0n) is 12.0. The summed E-state index contributed by atoms with van der Waals surface area (Å²) >= 11 is 0. The van der Waals surface area contributed by atoms with Crippen molar-refractivity contribution in [3.05, 3.63) is 24.3 Å². The van der Waals surface area contributed by atoms with Gasteiger partial charge in [0.2, 0.25) is 11.8 Å². The molecule has 6 nitrogen and oxygen atoms in total. The fourth-order valence-corrected chi connectivity index (χ4v) is 2.43. The molecule has 1 aliphatic heterocycles. The van der Waals surface area contributed by atoms with Crippen LogP contribution in [0.4, 0.5) is 11.4 Å². The van der Waals surface area contributed by atoms with Crippen LogP contribution in [0, 0.1) is 5.41 Å². The molecule has 0 saturated carbocycles. The maximum absolute atomic E-state index is 12.5. The number of amides is 2. The molecule has 6 heteroatoms. The third kappa shape index (κ3) is 3.59. The van der Waals surface area contributed by atoms with Gasteiger partial charge in [-0.05, 0) is 17.5 Å². The number of hydrogen-bond acceptors (Lipinski definition) is 3. The maximum Gasteiger partial charge on any atom is 0.303 e. The van der Waals surface area contributed by atoms with E-state index < -0.39 is 11.4 Å². The van der Waals surface area contributed by atoms with Gasteiger partial charge < -0.3 is 15.3 Å². The summed E-state index contributed by atoms with van der Waals surface area (Å²) in [6.07, 6.45) is -0.0265. The van der Waals surface area contributed by atoms with Crippen LogP contribution >= 0.6 is 0 Å². The molecule has 2 amide bonds. The van der Waals surface area contributed by atoms with Gasteiger partial charge in [-0.1, -0.05) is 26.0 Å².